The second-order valence-electron chi connectivity index (χ2n) is 6.90. The standard InChI is InChI=1S/C22H21N5O2/c1-3-16(19-7-8-24-26-19)4-2-15(1)12-23-13-18-14-25-27-22(18)17-5-6-20-21(11-17)29-10-9-28-20/h1-8,11,14,23H,9-10,12-13H2,(H,24,26)(H,25,27). The third-order valence-electron chi connectivity index (χ3n) is 4.96. The van der Waals surface area contributed by atoms with Gasteiger partial charge in [-0.05, 0) is 35.4 Å². The van der Waals surface area contributed by atoms with Gasteiger partial charge in [-0.2, -0.15) is 10.2 Å². The van der Waals surface area contributed by atoms with Crippen LogP contribution in [0.1, 0.15) is 11.1 Å². The molecule has 0 radical (unpaired) electrons. The first-order valence-electron chi connectivity index (χ1n) is 9.58. The molecule has 0 fully saturated rings. The number of aromatic amines is 2. The highest BCUT2D eigenvalue weighted by Gasteiger charge is 2.15. The van der Waals surface area contributed by atoms with Gasteiger partial charge in [0.25, 0.3) is 0 Å². The first-order valence-corrected chi connectivity index (χ1v) is 9.58. The van der Waals surface area contributed by atoms with Gasteiger partial charge >= 0.3 is 0 Å². The maximum atomic E-state index is 5.70. The van der Waals surface area contributed by atoms with Gasteiger partial charge in [-0.25, -0.2) is 0 Å². The average molecular weight is 387 g/mol. The van der Waals surface area contributed by atoms with Crippen molar-refractivity contribution in [1.82, 2.24) is 25.7 Å². The van der Waals surface area contributed by atoms with Crippen molar-refractivity contribution >= 4 is 0 Å². The van der Waals surface area contributed by atoms with E-state index in [1.165, 1.54) is 5.56 Å². The maximum absolute atomic E-state index is 5.70. The predicted molar refractivity (Wildman–Crippen MR) is 110 cm³/mol. The molecule has 0 atom stereocenters. The van der Waals surface area contributed by atoms with Gasteiger partial charge in [0.2, 0.25) is 0 Å². The van der Waals surface area contributed by atoms with Crippen molar-refractivity contribution in [2.75, 3.05) is 13.2 Å². The van der Waals surface area contributed by atoms with Crippen molar-refractivity contribution in [1.29, 1.82) is 0 Å². The Balaban J connectivity index is 1.24. The highest BCUT2D eigenvalue weighted by atomic mass is 16.6. The van der Waals surface area contributed by atoms with Crippen molar-refractivity contribution in [3.8, 4) is 34.0 Å². The summed E-state index contributed by atoms with van der Waals surface area (Å²) in [6.07, 6.45) is 3.62. The minimum atomic E-state index is 0.576. The van der Waals surface area contributed by atoms with E-state index in [9.17, 15) is 0 Å². The zero-order valence-electron chi connectivity index (χ0n) is 15.8. The Bertz CT molecular complexity index is 1090. The van der Waals surface area contributed by atoms with Gasteiger partial charge in [0.15, 0.2) is 11.5 Å². The van der Waals surface area contributed by atoms with Crippen LogP contribution < -0.4 is 14.8 Å². The number of fused-ring (bicyclic) bond motifs is 1. The monoisotopic (exact) mass is 387 g/mol. The SMILES string of the molecule is c1cc(-c2ccc(CNCc3cn[nH]c3-c3ccc4c(c3)OCCO4)cc2)[nH]n1. The molecule has 1 aliphatic rings. The maximum Gasteiger partial charge on any atom is 0.162 e. The van der Waals surface area contributed by atoms with Crippen molar-refractivity contribution in [3.63, 3.8) is 0 Å². The summed E-state index contributed by atoms with van der Waals surface area (Å²) in [5, 5.41) is 17.8. The minimum Gasteiger partial charge on any atom is -0.486 e. The van der Waals surface area contributed by atoms with Gasteiger partial charge < -0.3 is 14.8 Å². The normalized spacial score (nSPS) is 12.8. The van der Waals surface area contributed by atoms with Crippen LogP contribution in [0.25, 0.3) is 22.5 Å². The molecule has 0 amide bonds. The Kier molecular flexibility index (Phi) is 4.72. The summed E-state index contributed by atoms with van der Waals surface area (Å²) in [5.41, 5.74) is 6.50. The molecule has 0 spiro atoms. The first-order chi connectivity index (χ1) is 14.4. The summed E-state index contributed by atoms with van der Waals surface area (Å²) in [5.74, 6) is 1.57. The van der Waals surface area contributed by atoms with Crippen LogP contribution in [-0.4, -0.2) is 33.6 Å². The summed E-state index contributed by atoms with van der Waals surface area (Å²) < 4.78 is 11.3. The van der Waals surface area contributed by atoms with Gasteiger partial charge in [0, 0.05) is 30.4 Å². The van der Waals surface area contributed by atoms with E-state index in [4.69, 9.17) is 9.47 Å². The second kappa shape index (κ2) is 7.81. The number of H-pyrrole nitrogens is 2. The van der Waals surface area contributed by atoms with Crippen LogP contribution in [0, 0.1) is 0 Å². The predicted octanol–water partition coefficient (Wildman–Crippen LogP) is 3.53. The summed E-state index contributed by atoms with van der Waals surface area (Å²) in [7, 11) is 0. The smallest absolute Gasteiger partial charge is 0.162 e. The Morgan fingerprint density at radius 2 is 1.66 bits per heavy atom. The van der Waals surface area contributed by atoms with Gasteiger partial charge in [-0.1, -0.05) is 24.3 Å². The van der Waals surface area contributed by atoms with Crippen LogP contribution >= 0.6 is 0 Å². The molecule has 29 heavy (non-hydrogen) atoms. The van der Waals surface area contributed by atoms with E-state index in [1.807, 2.05) is 30.5 Å². The molecular formula is C22H21N5O2. The molecule has 1 aliphatic heterocycles. The van der Waals surface area contributed by atoms with Crippen molar-refractivity contribution in [2.24, 2.45) is 0 Å². The van der Waals surface area contributed by atoms with E-state index in [2.05, 4.69) is 50.0 Å². The van der Waals surface area contributed by atoms with Gasteiger partial charge in [0.1, 0.15) is 13.2 Å². The van der Waals surface area contributed by atoms with Gasteiger partial charge in [-0.15, -0.1) is 0 Å². The van der Waals surface area contributed by atoms with E-state index >= 15 is 0 Å². The molecule has 3 heterocycles. The molecular weight excluding hydrogens is 366 g/mol. The minimum absolute atomic E-state index is 0.576. The van der Waals surface area contributed by atoms with Crippen LogP contribution in [0.3, 0.4) is 0 Å². The highest BCUT2D eigenvalue weighted by molar-refractivity contribution is 5.66. The number of hydrogen-bond donors (Lipinski definition) is 3. The molecule has 0 aliphatic carbocycles. The van der Waals surface area contributed by atoms with Crippen LogP contribution in [0.15, 0.2) is 60.9 Å². The van der Waals surface area contributed by atoms with E-state index in [0.717, 1.165) is 46.1 Å². The number of rotatable bonds is 6. The van der Waals surface area contributed by atoms with Crippen LogP contribution in [0.5, 0.6) is 11.5 Å². The fourth-order valence-corrected chi connectivity index (χ4v) is 3.45. The third kappa shape index (κ3) is 3.72. The molecule has 2 aromatic heterocycles. The van der Waals surface area contributed by atoms with E-state index in [1.54, 1.807) is 6.20 Å². The highest BCUT2D eigenvalue weighted by Crippen LogP contribution is 2.34. The summed E-state index contributed by atoms with van der Waals surface area (Å²) in [6.45, 7) is 2.65. The molecule has 3 N–H and O–H groups in total. The summed E-state index contributed by atoms with van der Waals surface area (Å²) in [6, 6.07) is 16.4. The third-order valence-corrected chi connectivity index (χ3v) is 4.96. The number of hydrogen-bond acceptors (Lipinski definition) is 5. The fraction of sp³-hybridized carbons (Fsp3) is 0.182. The topological polar surface area (TPSA) is 87.9 Å². The van der Waals surface area contributed by atoms with Crippen LogP contribution in [0.2, 0.25) is 0 Å². The lowest BCUT2D eigenvalue weighted by Crippen LogP contribution is -2.15. The largest absolute Gasteiger partial charge is 0.486 e. The molecule has 0 bridgehead atoms. The lowest BCUT2D eigenvalue weighted by molar-refractivity contribution is 0.171. The Labute approximate surface area is 168 Å². The second-order valence-corrected chi connectivity index (χ2v) is 6.90. The molecule has 2 aromatic carbocycles. The molecule has 7 nitrogen and oxygen atoms in total. The lowest BCUT2D eigenvalue weighted by Gasteiger charge is -2.18. The summed E-state index contributed by atoms with van der Waals surface area (Å²) >= 11 is 0. The first kappa shape index (κ1) is 17.5. The molecule has 0 saturated carbocycles. The number of nitrogens with one attached hydrogen (secondary N) is 3. The van der Waals surface area contributed by atoms with Crippen molar-refractivity contribution in [2.45, 2.75) is 13.1 Å². The number of benzene rings is 2. The van der Waals surface area contributed by atoms with E-state index in [-0.39, 0.29) is 0 Å². The zero-order chi connectivity index (χ0) is 19.5. The summed E-state index contributed by atoms with van der Waals surface area (Å²) in [4.78, 5) is 0. The molecule has 5 rings (SSSR count). The molecule has 0 saturated heterocycles. The lowest BCUT2D eigenvalue weighted by atomic mass is 10.1. The quantitative estimate of drug-likeness (QED) is 0.471. The van der Waals surface area contributed by atoms with Crippen molar-refractivity contribution < 1.29 is 9.47 Å². The number of ether oxygens (including phenoxy) is 2. The average Bonchev–Trinajstić information content (AvgIpc) is 3.46. The van der Waals surface area contributed by atoms with Gasteiger partial charge in [0.05, 0.1) is 17.6 Å². The van der Waals surface area contributed by atoms with E-state index < -0.39 is 0 Å². The van der Waals surface area contributed by atoms with E-state index in [0.29, 0.717) is 19.8 Å². The van der Waals surface area contributed by atoms with Crippen molar-refractivity contribution in [3.05, 3.63) is 72.1 Å². The molecule has 7 heteroatoms. The number of aromatic nitrogens is 4. The zero-order valence-corrected chi connectivity index (χ0v) is 15.8. The molecule has 4 aromatic rings. The van der Waals surface area contributed by atoms with Crippen LogP contribution in [0.4, 0.5) is 0 Å². The Hall–Kier alpha value is -3.58. The number of nitrogens with zero attached hydrogens (tertiary/aromatic N) is 2. The Morgan fingerprint density at radius 1 is 0.828 bits per heavy atom. The Morgan fingerprint density at radius 3 is 2.48 bits per heavy atom. The molecule has 146 valence electrons. The fourth-order valence-electron chi connectivity index (χ4n) is 3.45. The van der Waals surface area contributed by atoms with Gasteiger partial charge in [-0.3, -0.25) is 10.2 Å². The molecule has 0 unspecified atom stereocenters. The van der Waals surface area contributed by atoms with Crippen LogP contribution in [-0.2, 0) is 13.1 Å².